The minimum Gasteiger partial charge on any atom is -0.395 e. The van der Waals surface area contributed by atoms with E-state index in [1.807, 2.05) is 48.5 Å². The maximum Gasteiger partial charge on any atom is 0.257 e. The number of carbonyl (C=O) groups is 1. The predicted octanol–water partition coefficient (Wildman–Crippen LogP) is 4.07. The van der Waals surface area contributed by atoms with E-state index in [4.69, 9.17) is 9.47 Å². The molecule has 3 aromatic rings. The predicted molar refractivity (Wildman–Crippen MR) is 143 cm³/mol. The summed E-state index contributed by atoms with van der Waals surface area (Å²) in [5, 5.41) is 22.3. The Kier molecular flexibility index (Phi) is 8.46. The van der Waals surface area contributed by atoms with E-state index >= 15 is 0 Å². The minimum absolute atomic E-state index is 0.00914. The third-order valence-corrected chi connectivity index (χ3v) is 7.59. The maximum absolute atomic E-state index is 12.7. The first-order chi connectivity index (χ1) is 18.6. The van der Waals surface area contributed by atoms with Crippen LogP contribution in [0.3, 0.4) is 0 Å². The Hall–Kier alpha value is -3.14. The molecule has 2 saturated heterocycles. The van der Waals surface area contributed by atoms with Crippen molar-refractivity contribution < 1.29 is 24.5 Å². The SMILES string of the molecule is C[C@@H]1[C@H](CN2CCC[C@H]2CO)O[C@H](c2cccc(NC(=O)c3cccnc3)c2)O[C@@H]1c1ccc(CO)cc1. The number of rotatable bonds is 8. The van der Waals surface area contributed by atoms with Crippen molar-refractivity contribution in [2.45, 2.75) is 50.9 Å². The van der Waals surface area contributed by atoms with Crippen LogP contribution in [-0.4, -0.2) is 57.8 Å². The quantitative estimate of drug-likeness (QED) is 0.414. The molecule has 2 fully saturated rings. The molecular formula is C30H35N3O5. The highest BCUT2D eigenvalue weighted by Crippen LogP contribution is 2.42. The van der Waals surface area contributed by atoms with E-state index in [1.165, 1.54) is 6.20 Å². The molecule has 0 bridgehead atoms. The summed E-state index contributed by atoms with van der Waals surface area (Å²) in [5.41, 5.74) is 3.80. The van der Waals surface area contributed by atoms with Crippen molar-refractivity contribution in [1.82, 2.24) is 9.88 Å². The number of amides is 1. The van der Waals surface area contributed by atoms with Crippen molar-refractivity contribution in [2.75, 3.05) is 25.0 Å². The number of hydrogen-bond acceptors (Lipinski definition) is 7. The highest BCUT2D eigenvalue weighted by Gasteiger charge is 2.40. The van der Waals surface area contributed by atoms with Crippen LogP contribution in [0.15, 0.2) is 73.1 Å². The van der Waals surface area contributed by atoms with Crippen molar-refractivity contribution >= 4 is 11.6 Å². The molecule has 0 aliphatic carbocycles. The summed E-state index contributed by atoms with van der Waals surface area (Å²) < 4.78 is 13.1. The molecule has 5 rings (SSSR count). The third kappa shape index (κ3) is 5.95. The molecule has 8 heteroatoms. The Morgan fingerprint density at radius 1 is 1.08 bits per heavy atom. The van der Waals surface area contributed by atoms with Gasteiger partial charge in [0.2, 0.25) is 0 Å². The average Bonchev–Trinajstić information content (AvgIpc) is 3.42. The molecule has 0 spiro atoms. The maximum atomic E-state index is 12.7. The standard InChI is InChI=1S/C30H35N3O5/c1-20-27(17-33-14-4-8-26(33)19-35)37-30(38-28(20)22-11-9-21(18-34)10-12-22)23-5-2-7-25(15-23)32-29(36)24-6-3-13-31-16-24/h2-3,5-7,9-13,15-16,20,26-28,30,34-35H,4,8,14,17-19H2,1H3,(H,32,36)/t20-,26+,27+,28+,30+/m1/s1. The third-order valence-electron chi connectivity index (χ3n) is 7.59. The second kappa shape index (κ2) is 12.1. The number of anilines is 1. The molecule has 1 aromatic heterocycles. The molecular weight excluding hydrogens is 482 g/mol. The normalized spacial score (nSPS) is 25.8. The van der Waals surface area contributed by atoms with E-state index in [0.29, 0.717) is 17.8 Å². The number of aliphatic hydroxyl groups is 2. The summed E-state index contributed by atoms with van der Waals surface area (Å²) in [6, 6.07) is 19.0. The molecule has 3 N–H and O–H groups in total. The largest absolute Gasteiger partial charge is 0.395 e. The van der Waals surface area contributed by atoms with Crippen molar-refractivity contribution in [2.24, 2.45) is 5.92 Å². The van der Waals surface area contributed by atoms with Gasteiger partial charge in [-0.25, -0.2) is 0 Å². The Labute approximate surface area is 223 Å². The van der Waals surface area contributed by atoms with Gasteiger partial charge in [-0.1, -0.05) is 43.3 Å². The number of carbonyl (C=O) groups excluding carboxylic acids is 1. The smallest absolute Gasteiger partial charge is 0.257 e. The topological polar surface area (TPSA) is 104 Å². The highest BCUT2D eigenvalue weighted by atomic mass is 16.7. The van der Waals surface area contributed by atoms with E-state index in [0.717, 1.165) is 36.1 Å². The summed E-state index contributed by atoms with van der Waals surface area (Å²) in [6.45, 7) is 3.92. The Morgan fingerprint density at radius 3 is 2.66 bits per heavy atom. The molecule has 0 saturated carbocycles. The number of nitrogens with zero attached hydrogens (tertiary/aromatic N) is 2. The molecule has 1 amide bonds. The van der Waals surface area contributed by atoms with Crippen LogP contribution in [0.2, 0.25) is 0 Å². The van der Waals surface area contributed by atoms with Gasteiger partial charge in [-0.05, 0) is 54.8 Å². The summed E-state index contributed by atoms with van der Waals surface area (Å²) in [7, 11) is 0. The fourth-order valence-electron chi connectivity index (χ4n) is 5.36. The second-order valence-corrected chi connectivity index (χ2v) is 10.1. The molecule has 0 unspecified atom stereocenters. The lowest BCUT2D eigenvalue weighted by molar-refractivity contribution is -0.276. The van der Waals surface area contributed by atoms with Gasteiger partial charge in [0.25, 0.3) is 5.91 Å². The van der Waals surface area contributed by atoms with Gasteiger partial charge in [0, 0.05) is 42.1 Å². The fraction of sp³-hybridized carbons (Fsp3) is 0.400. The molecule has 2 aliphatic rings. The second-order valence-electron chi connectivity index (χ2n) is 10.1. The zero-order valence-corrected chi connectivity index (χ0v) is 21.6. The lowest BCUT2D eigenvalue weighted by Crippen LogP contribution is -2.46. The van der Waals surface area contributed by atoms with Gasteiger partial charge in [0.1, 0.15) is 0 Å². The van der Waals surface area contributed by atoms with E-state index in [-0.39, 0.29) is 43.3 Å². The monoisotopic (exact) mass is 517 g/mol. The van der Waals surface area contributed by atoms with Gasteiger partial charge in [0.05, 0.1) is 31.0 Å². The van der Waals surface area contributed by atoms with Crippen LogP contribution >= 0.6 is 0 Å². The van der Waals surface area contributed by atoms with Gasteiger partial charge in [0.15, 0.2) is 6.29 Å². The van der Waals surface area contributed by atoms with Crippen LogP contribution in [0, 0.1) is 5.92 Å². The Morgan fingerprint density at radius 2 is 1.92 bits per heavy atom. The van der Waals surface area contributed by atoms with E-state index < -0.39 is 6.29 Å². The molecule has 2 aromatic carbocycles. The van der Waals surface area contributed by atoms with Crippen LogP contribution in [0.4, 0.5) is 5.69 Å². The van der Waals surface area contributed by atoms with Gasteiger partial charge in [-0.3, -0.25) is 14.7 Å². The molecule has 5 atom stereocenters. The number of hydrogen-bond donors (Lipinski definition) is 3. The van der Waals surface area contributed by atoms with Gasteiger partial charge in [-0.15, -0.1) is 0 Å². The van der Waals surface area contributed by atoms with E-state index in [2.05, 4.69) is 22.1 Å². The lowest BCUT2D eigenvalue weighted by atomic mass is 9.90. The molecule has 3 heterocycles. The van der Waals surface area contributed by atoms with Crippen molar-refractivity contribution in [1.29, 1.82) is 0 Å². The van der Waals surface area contributed by atoms with Crippen LogP contribution in [0.5, 0.6) is 0 Å². The highest BCUT2D eigenvalue weighted by molar-refractivity contribution is 6.04. The van der Waals surface area contributed by atoms with Crippen LogP contribution in [-0.2, 0) is 16.1 Å². The number of likely N-dealkylation sites (tertiary alicyclic amines) is 1. The molecule has 0 radical (unpaired) electrons. The number of aliphatic hydroxyl groups excluding tert-OH is 2. The first kappa shape index (κ1) is 26.5. The fourth-order valence-corrected chi connectivity index (χ4v) is 5.36. The van der Waals surface area contributed by atoms with Gasteiger partial charge >= 0.3 is 0 Å². The van der Waals surface area contributed by atoms with Crippen molar-refractivity contribution in [3.8, 4) is 0 Å². The molecule has 8 nitrogen and oxygen atoms in total. The first-order valence-corrected chi connectivity index (χ1v) is 13.2. The number of benzene rings is 2. The molecule has 38 heavy (non-hydrogen) atoms. The van der Waals surface area contributed by atoms with Crippen molar-refractivity contribution in [3.63, 3.8) is 0 Å². The minimum atomic E-state index is -0.635. The van der Waals surface area contributed by atoms with Crippen LogP contribution < -0.4 is 5.32 Å². The van der Waals surface area contributed by atoms with Crippen LogP contribution in [0.25, 0.3) is 0 Å². The summed E-state index contributed by atoms with van der Waals surface area (Å²) >= 11 is 0. The number of pyridine rings is 1. The molecule has 200 valence electrons. The summed E-state index contributed by atoms with van der Waals surface area (Å²) in [5.74, 6) is -0.183. The van der Waals surface area contributed by atoms with Gasteiger partial charge in [-0.2, -0.15) is 0 Å². The zero-order chi connectivity index (χ0) is 26.5. The summed E-state index contributed by atoms with van der Waals surface area (Å²) in [6.07, 6.45) is 4.23. The van der Waals surface area contributed by atoms with E-state index in [9.17, 15) is 15.0 Å². The van der Waals surface area contributed by atoms with Crippen molar-refractivity contribution in [3.05, 3.63) is 95.3 Å². The Bertz CT molecular complexity index is 1210. The molecule has 2 aliphatic heterocycles. The lowest BCUT2D eigenvalue weighted by Gasteiger charge is -2.43. The van der Waals surface area contributed by atoms with Gasteiger partial charge < -0.3 is 25.0 Å². The Balaban J connectivity index is 1.39. The average molecular weight is 518 g/mol. The number of ether oxygens (including phenoxy) is 2. The number of nitrogens with one attached hydrogen (secondary N) is 1. The van der Waals surface area contributed by atoms with E-state index in [1.54, 1.807) is 18.3 Å². The number of aromatic nitrogens is 1. The summed E-state index contributed by atoms with van der Waals surface area (Å²) in [4.78, 5) is 19.0. The first-order valence-electron chi connectivity index (χ1n) is 13.2. The van der Waals surface area contributed by atoms with Crippen LogP contribution in [0.1, 0.15) is 59.2 Å². The zero-order valence-electron chi connectivity index (χ0n) is 21.6.